The van der Waals surface area contributed by atoms with Crippen molar-refractivity contribution >= 4 is 0 Å². The Balaban J connectivity index is 2.60. The van der Waals surface area contributed by atoms with E-state index in [0.29, 0.717) is 13.2 Å². The maximum atomic E-state index is 5.15. The van der Waals surface area contributed by atoms with Crippen LogP contribution in [0.3, 0.4) is 0 Å². The van der Waals surface area contributed by atoms with E-state index in [9.17, 15) is 0 Å². The third kappa shape index (κ3) is 7.92. The highest BCUT2D eigenvalue weighted by molar-refractivity contribution is 4.38. The van der Waals surface area contributed by atoms with E-state index >= 15 is 0 Å². The van der Waals surface area contributed by atoms with Gasteiger partial charge in [0.1, 0.15) is 0 Å². The SMILES string of the molecule is [CH2]CCCOCCOC. The topological polar surface area (TPSA) is 18.5 Å². The molecule has 0 aliphatic heterocycles. The molecule has 0 spiro atoms. The second-order valence-corrected chi connectivity index (χ2v) is 1.81. The molecule has 1 radical (unpaired) electrons. The average molecular weight is 131 g/mol. The molecule has 2 nitrogen and oxygen atoms in total. The third-order valence-corrected chi connectivity index (χ3v) is 0.970. The summed E-state index contributed by atoms with van der Waals surface area (Å²) in [5.74, 6) is 0. The first-order valence-corrected chi connectivity index (χ1v) is 3.27. The van der Waals surface area contributed by atoms with Crippen molar-refractivity contribution in [3.05, 3.63) is 6.92 Å². The molecule has 0 amide bonds. The quantitative estimate of drug-likeness (QED) is 0.505. The number of methoxy groups -OCH3 is 1. The lowest BCUT2D eigenvalue weighted by Gasteiger charge is -2.00. The maximum absolute atomic E-state index is 5.15. The molecule has 0 saturated carbocycles. The van der Waals surface area contributed by atoms with E-state index in [4.69, 9.17) is 9.47 Å². The van der Waals surface area contributed by atoms with Crippen LogP contribution in [0, 0.1) is 6.92 Å². The van der Waals surface area contributed by atoms with Gasteiger partial charge in [-0.15, -0.1) is 0 Å². The molecule has 0 aliphatic carbocycles. The van der Waals surface area contributed by atoms with Crippen molar-refractivity contribution in [2.75, 3.05) is 26.9 Å². The molecule has 0 rings (SSSR count). The summed E-state index contributed by atoms with van der Waals surface area (Å²) in [4.78, 5) is 0. The summed E-state index contributed by atoms with van der Waals surface area (Å²) < 4.78 is 9.93. The van der Waals surface area contributed by atoms with E-state index in [1.165, 1.54) is 0 Å². The average Bonchev–Trinajstić information content (AvgIpc) is 1.89. The Morgan fingerprint density at radius 2 is 2.00 bits per heavy atom. The van der Waals surface area contributed by atoms with Crippen LogP contribution >= 0.6 is 0 Å². The fraction of sp³-hybridized carbons (Fsp3) is 0.857. The van der Waals surface area contributed by atoms with Crippen LogP contribution < -0.4 is 0 Å². The zero-order chi connectivity index (χ0) is 6.95. The zero-order valence-corrected chi connectivity index (χ0v) is 6.06. The van der Waals surface area contributed by atoms with Gasteiger partial charge in [0.2, 0.25) is 0 Å². The van der Waals surface area contributed by atoms with Crippen molar-refractivity contribution in [2.45, 2.75) is 12.8 Å². The van der Waals surface area contributed by atoms with Gasteiger partial charge in [-0.1, -0.05) is 13.3 Å². The monoisotopic (exact) mass is 131 g/mol. The number of rotatable bonds is 6. The number of ether oxygens (including phenoxy) is 2. The lowest BCUT2D eigenvalue weighted by molar-refractivity contribution is 0.0697. The highest BCUT2D eigenvalue weighted by Gasteiger charge is 1.84. The molecule has 0 unspecified atom stereocenters. The first-order chi connectivity index (χ1) is 4.41. The molecule has 0 N–H and O–H groups in total. The van der Waals surface area contributed by atoms with Crippen molar-refractivity contribution in [3.8, 4) is 0 Å². The smallest absolute Gasteiger partial charge is 0.0700 e. The molecule has 0 saturated heterocycles. The van der Waals surface area contributed by atoms with Gasteiger partial charge in [0.15, 0.2) is 0 Å². The van der Waals surface area contributed by atoms with E-state index in [0.717, 1.165) is 19.4 Å². The van der Waals surface area contributed by atoms with E-state index in [-0.39, 0.29) is 0 Å². The first-order valence-electron chi connectivity index (χ1n) is 3.27. The van der Waals surface area contributed by atoms with E-state index in [1.54, 1.807) is 7.11 Å². The van der Waals surface area contributed by atoms with Gasteiger partial charge in [-0.2, -0.15) is 0 Å². The van der Waals surface area contributed by atoms with Gasteiger partial charge in [-0.3, -0.25) is 0 Å². The van der Waals surface area contributed by atoms with Gasteiger partial charge in [0.25, 0.3) is 0 Å². The summed E-state index contributed by atoms with van der Waals surface area (Å²) in [5.41, 5.74) is 0. The van der Waals surface area contributed by atoms with Crippen molar-refractivity contribution in [3.63, 3.8) is 0 Å². The number of unbranched alkanes of at least 4 members (excludes halogenated alkanes) is 1. The summed E-state index contributed by atoms with van der Waals surface area (Å²) in [6.45, 7) is 5.90. The van der Waals surface area contributed by atoms with Crippen LogP contribution in [0.4, 0.5) is 0 Å². The van der Waals surface area contributed by atoms with Crippen LogP contribution in [0.15, 0.2) is 0 Å². The fourth-order valence-corrected chi connectivity index (χ4v) is 0.448. The summed E-state index contributed by atoms with van der Waals surface area (Å²) in [5, 5.41) is 0. The lowest BCUT2D eigenvalue weighted by atomic mass is 10.4. The van der Waals surface area contributed by atoms with Gasteiger partial charge >= 0.3 is 0 Å². The highest BCUT2D eigenvalue weighted by atomic mass is 16.5. The first kappa shape index (κ1) is 8.92. The molecule has 0 aromatic heterocycles. The standard InChI is InChI=1S/C7H15O2/c1-3-4-5-9-7-6-8-2/h1,3-7H2,2H3. The predicted molar refractivity (Wildman–Crippen MR) is 37.3 cm³/mol. The Morgan fingerprint density at radius 3 is 2.56 bits per heavy atom. The van der Waals surface area contributed by atoms with Crippen LogP contribution in [0.2, 0.25) is 0 Å². The largest absolute Gasteiger partial charge is 0.382 e. The molecule has 0 aromatic carbocycles. The molecule has 0 bridgehead atoms. The molecular formula is C7H15O2. The van der Waals surface area contributed by atoms with Crippen LogP contribution in [0.5, 0.6) is 0 Å². The van der Waals surface area contributed by atoms with Gasteiger partial charge in [0, 0.05) is 13.7 Å². The molecule has 0 heterocycles. The van der Waals surface area contributed by atoms with Crippen molar-refractivity contribution in [1.82, 2.24) is 0 Å². The van der Waals surface area contributed by atoms with Gasteiger partial charge in [-0.25, -0.2) is 0 Å². The van der Waals surface area contributed by atoms with E-state index in [2.05, 4.69) is 6.92 Å². The molecule has 0 aliphatic rings. The molecule has 0 fully saturated rings. The Kier molecular flexibility index (Phi) is 7.85. The lowest BCUT2D eigenvalue weighted by Crippen LogP contribution is -2.02. The van der Waals surface area contributed by atoms with E-state index in [1.807, 2.05) is 0 Å². The molecule has 55 valence electrons. The zero-order valence-electron chi connectivity index (χ0n) is 6.06. The molecule has 2 heteroatoms. The molecular weight excluding hydrogens is 116 g/mol. The normalized spacial score (nSPS) is 10.0. The van der Waals surface area contributed by atoms with Crippen LogP contribution in [0.1, 0.15) is 12.8 Å². The fourth-order valence-electron chi connectivity index (χ4n) is 0.448. The molecule has 0 atom stereocenters. The number of hydrogen-bond donors (Lipinski definition) is 0. The Morgan fingerprint density at radius 1 is 1.22 bits per heavy atom. The Hall–Kier alpha value is -0.0800. The second kappa shape index (κ2) is 7.92. The minimum atomic E-state index is 0.692. The van der Waals surface area contributed by atoms with Crippen molar-refractivity contribution in [2.24, 2.45) is 0 Å². The van der Waals surface area contributed by atoms with E-state index < -0.39 is 0 Å². The third-order valence-electron chi connectivity index (χ3n) is 0.970. The number of hydrogen-bond acceptors (Lipinski definition) is 2. The predicted octanol–water partition coefficient (Wildman–Crippen LogP) is 1.26. The summed E-state index contributed by atoms with van der Waals surface area (Å²) in [6, 6.07) is 0. The Labute approximate surface area is 57.2 Å². The highest BCUT2D eigenvalue weighted by Crippen LogP contribution is 1.86. The minimum Gasteiger partial charge on any atom is -0.382 e. The second-order valence-electron chi connectivity index (χ2n) is 1.81. The Bertz CT molecular complexity index is 40.2. The van der Waals surface area contributed by atoms with Crippen molar-refractivity contribution < 1.29 is 9.47 Å². The van der Waals surface area contributed by atoms with Crippen LogP contribution in [-0.2, 0) is 9.47 Å². The van der Waals surface area contributed by atoms with Crippen molar-refractivity contribution in [1.29, 1.82) is 0 Å². The minimum absolute atomic E-state index is 0.692. The van der Waals surface area contributed by atoms with Crippen LogP contribution in [-0.4, -0.2) is 26.9 Å². The van der Waals surface area contributed by atoms with Gasteiger partial charge < -0.3 is 9.47 Å². The summed E-state index contributed by atoms with van der Waals surface area (Å²) >= 11 is 0. The maximum Gasteiger partial charge on any atom is 0.0700 e. The van der Waals surface area contributed by atoms with Gasteiger partial charge in [0.05, 0.1) is 13.2 Å². The molecule has 0 aromatic rings. The summed E-state index contributed by atoms with van der Waals surface area (Å²) in [6.07, 6.45) is 2.00. The summed E-state index contributed by atoms with van der Waals surface area (Å²) in [7, 11) is 1.67. The van der Waals surface area contributed by atoms with Gasteiger partial charge in [-0.05, 0) is 6.42 Å². The van der Waals surface area contributed by atoms with Crippen LogP contribution in [0.25, 0.3) is 0 Å². The molecule has 9 heavy (non-hydrogen) atoms.